The third kappa shape index (κ3) is 4.34. The minimum Gasteiger partial charge on any atom is -0.474 e. The van der Waals surface area contributed by atoms with Crippen LogP contribution in [0.5, 0.6) is 5.88 Å². The van der Waals surface area contributed by atoms with E-state index < -0.39 is 0 Å². The Morgan fingerprint density at radius 3 is 2.75 bits per heavy atom. The molecule has 112 valence electrons. The van der Waals surface area contributed by atoms with Crippen LogP contribution in [-0.2, 0) is 0 Å². The van der Waals surface area contributed by atoms with Crippen LogP contribution >= 0.6 is 0 Å². The largest absolute Gasteiger partial charge is 0.474 e. The van der Waals surface area contributed by atoms with Gasteiger partial charge in [0.25, 0.3) is 0 Å². The first-order chi connectivity index (χ1) is 9.69. The molecular weight excluding hydrogens is 252 g/mol. The number of ether oxygens (including phenoxy) is 1. The maximum atomic E-state index is 5.61. The van der Waals surface area contributed by atoms with Crippen LogP contribution in [0.15, 0.2) is 12.4 Å². The second-order valence-corrected chi connectivity index (χ2v) is 5.62. The molecule has 1 aliphatic rings. The Hall–Kier alpha value is -1.36. The fraction of sp³-hybridized carbons (Fsp3) is 0.733. The molecule has 0 spiro atoms. The van der Waals surface area contributed by atoms with Gasteiger partial charge in [-0.1, -0.05) is 6.92 Å². The molecule has 1 aromatic heterocycles. The van der Waals surface area contributed by atoms with E-state index in [9.17, 15) is 0 Å². The Morgan fingerprint density at radius 1 is 1.35 bits per heavy atom. The van der Waals surface area contributed by atoms with Crippen molar-refractivity contribution in [1.29, 1.82) is 0 Å². The van der Waals surface area contributed by atoms with E-state index in [2.05, 4.69) is 27.1 Å². The highest BCUT2D eigenvalue weighted by atomic mass is 16.5. The monoisotopic (exact) mass is 278 g/mol. The third-order valence-electron chi connectivity index (χ3n) is 3.58. The predicted octanol–water partition coefficient (Wildman–Crippen LogP) is 2.09. The Kier molecular flexibility index (Phi) is 5.59. The fourth-order valence-corrected chi connectivity index (χ4v) is 2.50. The third-order valence-corrected chi connectivity index (χ3v) is 3.58. The van der Waals surface area contributed by atoms with E-state index >= 15 is 0 Å². The molecule has 1 aliphatic heterocycles. The fourth-order valence-electron chi connectivity index (χ4n) is 2.50. The minimum absolute atomic E-state index is 0.130. The average molecular weight is 278 g/mol. The van der Waals surface area contributed by atoms with Gasteiger partial charge in [-0.25, -0.2) is 0 Å². The summed E-state index contributed by atoms with van der Waals surface area (Å²) in [6.07, 6.45) is 6.07. The summed E-state index contributed by atoms with van der Waals surface area (Å²) < 4.78 is 5.61. The van der Waals surface area contributed by atoms with Crippen LogP contribution in [0.4, 0.5) is 5.82 Å². The van der Waals surface area contributed by atoms with Crippen LogP contribution in [0, 0.1) is 5.92 Å². The number of aromatic nitrogens is 2. The summed E-state index contributed by atoms with van der Waals surface area (Å²) in [6.45, 7) is 10.4. The minimum atomic E-state index is 0.130. The van der Waals surface area contributed by atoms with Crippen molar-refractivity contribution < 1.29 is 4.74 Å². The normalized spacial score (nSPS) is 16.7. The van der Waals surface area contributed by atoms with Gasteiger partial charge in [-0.15, -0.1) is 0 Å². The molecule has 5 heteroatoms. The molecule has 0 radical (unpaired) electrons. The molecule has 0 amide bonds. The SMILES string of the molecule is CCNCC1CCN(c2cncc(OC(C)C)n2)CC1. The van der Waals surface area contributed by atoms with Crippen LogP contribution in [0.1, 0.15) is 33.6 Å². The first-order valence-electron chi connectivity index (χ1n) is 7.63. The summed E-state index contributed by atoms with van der Waals surface area (Å²) in [6, 6.07) is 0. The Labute approximate surface area is 121 Å². The van der Waals surface area contributed by atoms with E-state index in [-0.39, 0.29) is 6.10 Å². The van der Waals surface area contributed by atoms with Gasteiger partial charge >= 0.3 is 0 Å². The molecule has 1 fully saturated rings. The molecule has 1 saturated heterocycles. The summed E-state index contributed by atoms with van der Waals surface area (Å²) in [5, 5.41) is 3.44. The first kappa shape index (κ1) is 15.0. The molecule has 0 aliphatic carbocycles. The lowest BCUT2D eigenvalue weighted by Gasteiger charge is -2.32. The van der Waals surface area contributed by atoms with E-state index in [1.54, 1.807) is 6.20 Å². The lowest BCUT2D eigenvalue weighted by molar-refractivity contribution is 0.231. The van der Waals surface area contributed by atoms with Crippen molar-refractivity contribution >= 4 is 5.82 Å². The van der Waals surface area contributed by atoms with E-state index in [1.165, 1.54) is 12.8 Å². The van der Waals surface area contributed by atoms with Crippen molar-refractivity contribution in [2.24, 2.45) is 5.92 Å². The Bertz CT molecular complexity index is 403. The first-order valence-corrected chi connectivity index (χ1v) is 7.63. The second-order valence-electron chi connectivity index (χ2n) is 5.62. The molecule has 0 unspecified atom stereocenters. The quantitative estimate of drug-likeness (QED) is 0.863. The summed E-state index contributed by atoms with van der Waals surface area (Å²) >= 11 is 0. The van der Waals surface area contributed by atoms with Gasteiger partial charge in [-0.05, 0) is 45.7 Å². The molecule has 2 rings (SSSR count). The lowest BCUT2D eigenvalue weighted by atomic mass is 9.97. The highest BCUT2D eigenvalue weighted by Crippen LogP contribution is 2.22. The number of rotatable bonds is 6. The topological polar surface area (TPSA) is 50.3 Å². The van der Waals surface area contributed by atoms with Gasteiger partial charge in [0.1, 0.15) is 0 Å². The molecule has 0 atom stereocenters. The number of nitrogens with zero attached hydrogens (tertiary/aromatic N) is 3. The zero-order valence-electron chi connectivity index (χ0n) is 12.8. The average Bonchev–Trinajstić information content (AvgIpc) is 2.45. The van der Waals surface area contributed by atoms with E-state index in [4.69, 9.17) is 4.74 Å². The molecule has 0 aromatic carbocycles. The molecule has 5 nitrogen and oxygen atoms in total. The van der Waals surface area contributed by atoms with E-state index in [0.717, 1.165) is 37.9 Å². The lowest BCUT2D eigenvalue weighted by Crippen LogP contribution is -2.37. The van der Waals surface area contributed by atoms with Gasteiger partial charge in [-0.3, -0.25) is 4.98 Å². The molecule has 1 N–H and O–H groups in total. The standard InChI is InChI=1S/C15H26N4O/c1-4-16-9-13-5-7-19(8-6-13)14-10-17-11-15(18-14)20-12(2)3/h10-13,16H,4-9H2,1-3H3. The van der Waals surface area contributed by atoms with Crippen molar-refractivity contribution in [2.75, 3.05) is 31.1 Å². The van der Waals surface area contributed by atoms with E-state index in [0.29, 0.717) is 5.88 Å². The van der Waals surface area contributed by atoms with Crippen LogP contribution in [0.2, 0.25) is 0 Å². The maximum absolute atomic E-state index is 5.61. The summed E-state index contributed by atoms with van der Waals surface area (Å²) in [4.78, 5) is 11.1. The van der Waals surface area contributed by atoms with Crippen molar-refractivity contribution in [3.8, 4) is 5.88 Å². The number of hydrogen-bond donors (Lipinski definition) is 1. The maximum Gasteiger partial charge on any atom is 0.234 e. The zero-order chi connectivity index (χ0) is 14.4. The van der Waals surface area contributed by atoms with Crippen molar-refractivity contribution in [3.05, 3.63) is 12.4 Å². The summed E-state index contributed by atoms with van der Waals surface area (Å²) in [7, 11) is 0. The summed E-state index contributed by atoms with van der Waals surface area (Å²) in [5.74, 6) is 2.34. The zero-order valence-corrected chi connectivity index (χ0v) is 12.8. The molecule has 0 bridgehead atoms. The van der Waals surface area contributed by atoms with Crippen LogP contribution in [0.25, 0.3) is 0 Å². The van der Waals surface area contributed by atoms with Crippen LogP contribution in [0.3, 0.4) is 0 Å². The molecule has 2 heterocycles. The van der Waals surface area contributed by atoms with Crippen molar-refractivity contribution in [3.63, 3.8) is 0 Å². The van der Waals surface area contributed by atoms with Gasteiger partial charge in [0.05, 0.1) is 18.5 Å². The second kappa shape index (κ2) is 7.43. The number of nitrogens with one attached hydrogen (secondary N) is 1. The number of hydrogen-bond acceptors (Lipinski definition) is 5. The molecule has 20 heavy (non-hydrogen) atoms. The van der Waals surface area contributed by atoms with Gasteiger partial charge in [0, 0.05) is 13.1 Å². The highest BCUT2D eigenvalue weighted by molar-refractivity contribution is 5.38. The Morgan fingerprint density at radius 2 is 2.10 bits per heavy atom. The highest BCUT2D eigenvalue weighted by Gasteiger charge is 2.20. The summed E-state index contributed by atoms with van der Waals surface area (Å²) in [5.41, 5.74) is 0. The van der Waals surface area contributed by atoms with Crippen LogP contribution in [-0.4, -0.2) is 42.3 Å². The predicted molar refractivity (Wildman–Crippen MR) is 81.3 cm³/mol. The van der Waals surface area contributed by atoms with Gasteiger partial charge < -0.3 is 15.0 Å². The van der Waals surface area contributed by atoms with Gasteiger partial charge in [-0.2, -0.15) is 4.98 Å². The van der Waals surface area contributed by atoms with Crippen molar-refractivity contribution in [1.82, 2.24) is 15.3 Å². The van der Waals surface area contributed by atoms with Gasteiger partial charge in [0.15, 0.2) is 5.82 Å². The molecular formula is C15H26N4O. The van der Waals surface area contributed by atoms with E-state index in [1.807, 2.05) is 20.0 Å². The molecule has 0 saturated carbocycles. The Balaban J connectivity index is 1.89. The van der Waals surface area contributed by atoms with Crippen LogP contribution < -0.4 is 15.0 Å². The molecule has 1 aromatic rings. The number of anilines is 1. The smallest absolute Gasteiger partial charge is 0.234 e. The van der Waals surface area contributed by atoms with Crippen molar-refractivity contribution in [2.45, 2.75) is 39.7 Å². The number of piperidine rings is 1. The van der Waals surface area contributed by atoms with Gasteiger partial charge in [0.2, 0.25) is 5.88 Å².